The number of benzene rings is 1. The molecule has 0 radical (unpaired) electrons. The zero-order chi connectivity index (χ0) is 24.7. The molecule has 2 heterocycles. The van der Waals surface area contributed by atoms with Crippen molar-refractivity contribution in [3.63, 3.8) is 0 Å². The number of carbonyl (C=O) groups excluding carboxylic acids is 1. The van der Waals surface area contributed by atoms with E-state index in [-0.39, 0.29) is 16.6 Å². The second kappa shape index (κ2) is 7.77. The average molecular weight is 484 g/mol. The highest BCUT2D eigenvalue weighted by molar-refractivity contribution is 5.95. The molecule has 4 nitrogen and oxygen atoms in total. The Morgan fingerprint density at radius 2 is 1.86 bits per heavy atom. The van der Waals surface area contributed by atoms with Gasteiger partial charge in [0.2, 0.25) is 5.90 Å². The van der Waals surface area contributed by atoms with Gasteiger partial charge in [-0.25, -0.2) is 4.99 Å². The molecule has 2 fully saturated rings. The van der Waals surface area contributed by atoms with Crippen molar-refractivity contribution in [2.75, 3.05) is 13.2 Å². The number of hydrogen-bond acceptors (Lipinski definition) is 4. The van der Waals surface area contributed by atoms with Gasteiger partial charge in [-0.1, -0.05) is 36.8 Å². The number of allylic oxidation sites excluding steroid dienone is 4. The minimum absolute atomic E-state index is 0.117. The van der Waals surface area contributed by atoms with Crippen molar-refractivity contribution in [1.29, 1.82) is 0 Å². The number of fused-ring (bicyclic) bond motifs is 5. The Bertz CT molecular complexity index is 1250. The smallest absolute Gasteiger partial charge is 0.216 e. The van der Waals surface area contributed by atoms with Gasteiger partial charge in [0.1, 0.15) is 6.61 Å². The molecular formula is C32H37NO3. The summed E-state index contributed by atoms with van der Waals surface area (Å²) in [6, 6.07) is 9.02. The van der Waals surface area contributed by atoms with E-state index in [0.29, 0.717) is 36.6 Å². The summed E-state index contributed by atoms with van der Waals surface area (Å²) < 4.78 is 12.5. The van der Waals surface area contributed by atoms with Crippen molar-refractivity contribution >= 4 is 11.7 Å². The van der Waals surface area contributed by atoms with Crippen LogP contribution < -0.4 is 0 Å². The molecule has 4 aliphatic carbocycles. The molecule has 7 rings (SSSR count). The van der Waals surface area contributed by atoms with Crippen molar-refractivity contribution in [2.45, 2.75) is 82.8 Å². The van der Waals surface area contributed by atoms with Crippen molar-refractivity contribution < 1.29 is 14.3 Å². The van der Waals surface area contributed by atoms with E-state index in [2.05, 4.69) is 57.2 Å². The fourth-order valence-electron chi connectivity index (χ4n) is 8.57. The van der Waals surface area contributed by atoms with Gasteiger partial charge in [-0.3, -0.25) is 4.79 Å². The summed E-state index contributed by atoms with van der Waals surface area (Å²) in [5.74, 6) is 2.64. The van der Waals surface area contributed by atoms with Crippen molar-refractivity contribution in [1.82, 2.24) is 0 Å². The maximum Gasteiger partial charge on any atom is 0.216 e. The lowest BCUT2D eigenvalue weighted by Gasteiger charge is -2.54. The average Bonchev–Trinajstić information content (AvgIpc) is 3.57. The van der Waals surface area contributed by atoms with Crippen molar-refractivity contribution in [2.24, 2.45) is 22.2 Å². The SMILES string of the molecule is CC1(C)COC(c2ccc([C@H]3C[C@@]4(C)[C@@H](CC[C@@]45C=CCO5)[C@@H]4CCC5=CC(=O)CCC5=C43)cc2)=N1. The first-order valence-corrected chi connectivity index (χ1v) is 13.9. The lowest BCUT2D eigenvalue weighted by Crippen LogP contribution is -2.51. The molecular weight excluding hydrogens is 446 g/mol. The molecule has 0 bridgehead atoms. The van der Waals surface area contributed by atoms with E-state index in [0.717, 1.165) is 50.2 Å². The van der Waals surface area contributed by atoms with Crippen LogP contribution in [0.5, 0.6) is 0 Å². The van der Waals surface area contributed by atoms with Gasteiger partial charge < -0.3 is 9.47 Å². The van der Waals surface area contributed by atoms with Crippen LogP contribution in [0.4, 0.5) is 0 Å². The first-order valence-electron chi connectivity index (χ1n) is 13.9. The number of ether oxygens (including phenoxy) is 2. The molecule has 4 heteroatoms. The van der Waals surface area contributed by atoms with Gasteiger partial charge in [-0.2, -0.15) is 0 Å². The zero-order valence-corrected chi connectivity index (χ0v) is 21.8. The number of hydrogen-bond donors (Lipinski definition) is 0. The molecule has 2 aliphatic heterocycles. The van der Waals surface area contributed by atoms with Crippen LogP contribution in [0.3, 0.4) is 0 Å². The van der Waals surface area contributed by atoms with Crippen LogP contribution in [0.1, 0.15) is 82.8 Å². The predicted molar refractivity (Wildman–Crippen MR) is 141 cm³/mol. The lowest BCUT2D eigenvalue weighted by atomic mass is 9.51. The molecule has 1 aromatic rings. The van der Waals surface area contributed by atoms with E-state index in [1.807, 2.05) is 6.08 Å². The summed E-state index contributed by atoms with van der Waals surface area (Å²) in [6.45, 7) is 8.12. The van der Waals surface area contributed by atoms with Crippen LogP contribution in [-0.4, -0.2) is 36.0 Å². The largest absolute Gasteiger partial charge is 0.475 e. The van der Waals surface area contributed by atoms with Crippen LogP contribution in [0, 0.1) is 17.3 Å². The minimum atomic E-state index is -0.157. The second-order valence-corrected chi connectivity index (χ2v) is 12.8. The first-order chi connectivity index (χ1) is 17.3. The van der Waals surface area contributed by atoms with E-state index < -0.39 is 0 Å². The summed E-state index contributed by atoms with van der Waals surface area (Å²) in [5, 5.41) is 0. The highest BCUT2D eigenvalue weighted by Crippen LogP contribution is 2.68. The van der Waals surface area contributed by atoms with Crippen LogP contribution in [0.15, 0.2) is 64.2 Å². The quantitative estimate of drug-likeness (QED) is 0.453. The van der Waals surface area contributed by atoms with Gasteiger partial charge >= 0.3 is 0 Å². The summed E-state index contributed by atoms with van der Waals surface area (Å²) in [5.41, 5.74) is 6.76. The number of carbonyl (C=O) groups is 1. The highest BCUT2D eigenvalue weighted by Gasteiger charge is 2.63. The molecule has 0 saturated heterocycles. The van der Waals surface area contributed by atoms with Gasteiger partial charge in [-0.05, 0) is 99.1 Å². The van der Waals surface area contributed by atoms with Crippen LogP contribution in [0.2, 0.25) is 0 Å². The third-order valence-electron chi connectivity index (χ3n) is 10.3. The third-order valence-corrected chi connectivity index (χ3v) is 10.3. The van der Waals surface area contributed by atoms with Gasteiger partial charge in [0.05, 0.1) is 17.7 Å². The van der Waals surface area contributed by atoms with E-state index in [9.17, 15) is 4.79 Å². The molecule has 0 amide bonds. The monoisotopic (exact) mass is 483 g/mol. The van der Waals surface area contributed by atoms with Gasteiger partial charge in [-0.15, -0.1) is 0 Å². The Hall–Kier alpha value is -2.46. The molecule has 0 unspecified atom stereocenters. The standard InChI is InChI=1S/C32H37NO3/c1-30(2)19-35-29(33-30)21-7-5-20(6-8-21)26-18-31(3)27(13-15-32(31)14-4-16-36-32)25-11-9-22-17-23(34)10-12-24(22)28(25)26/h4-8,14,17,25-27H,9-13,15-16,18-19H2,1-3H3/t25-,26+,27-,31-,32-/m0/s1. The fraction of sp³-hybridized carbons (Fsp3) is 0.562. The van der Waals surface area contributed by atoms with Gasteiger partial charge in [0, 0.05) is 23.3 Å². The molecule has 1 spiro atoms. The molecule has 0 aromatic heterocycles. The normalized spacial score (nSPS) is 38.4. The Balaban J connectivity index is 1.33. The predicted octanol–water partition coefficient (Wildman–Crippen LogP) is 6.47. The van der Waals surface area contributed by atoms with Crippen LogP contribution in [-0.2, 0) is 14.3 Å². The third kappa shape index (κ3) is 3.22. The highest BCUT2D eigenvalue weighted by atomic mass is 16.5. The Morgan fingerprint density at radius 3 is 2.58 bits per heavy atom. The maximum absolute atomic E-state index is 12.3. The molecule has 5 atom stereocenters. The van der Waals surface area contributed by atoms with E-state index >= 15 is 0 Å². The van der Waals surface area contributed by atoms with E-state index in [1.165, 1.54) is 23.1 Å². The lowest BCUT2D eigenvalue weighted by molar-refractivity contribution is -0.114. The number of nitrogens with zero attached hydrogens (tertiary/aromatic N) is 1. The van der Waals surface area contributed by atoms with Crippen LogP contribution in [0.25, 0.3) is 0 Å². The fourth-order valence-corrected chi connectivity index (χ4v) is 8.57. The number of ketones is 1. The summed E-state index contributed by atoms with van der Waals surface area (Å²) in [6.07, 6.45) is 13.8. The maximum atomic E-state index is 12.3. The molecule has 6 aliphatic rings. The summed E-state index contributed by atoms with van der Waals surface area (Å²) >= 11 is 0. The van der Waals surface area contributed by atoms with Gasteiger partial charge in [0.15, 0.2) is 5.78 Å². The zero-order valence-electron chi connectivity index (χ0n) is 21.8. The van der Waals surface area contributed by atoms with Crippen LogP contribution >= 0.6 is 0 Å². The van der Waals surface area contributed by atoms with E-state index in [1.54, 1.807) is 5.57 Å². The second-order valence-electron chi connectivity index (χ2n) is 12.8. The van der Waals surface area contributed by atoms with E-state index in [4.69, 9.17) is 14.5 Å². The van der Waals surface area contributed by atoms with Gasteiger partial charge in [0.25, 0.3) is 0 Å². The molecule has 0 N–H and O–H groups in total. The molecule has 2 saturated carbocycles. The number of aliphatic imine (C=N–C) groups is 1. The molecule has 36 heavy (non-hydrogen) atoms. The Kier molecular flexibility index (Phi) is 4.90. The number of rotatable bonds is 2. The minimum Gasteiger partial charge on any atom is -0.475 e. The summed E-state index contributed by atoms with van der Waals surface area (Å²) in [7, 11) is 0. The first kappa shape index (κ1) is 22.7. The topological polar surface area (TPSA) is 47.9 Å². The summed E-state index contributed by atoms with van der Waals surface area (Å²) in [4.78, 5) is 17.1. The van der Waals surface area contributed by atoms with Crippen molar-refractivity contribution in [3.8, 4) is 0 Å². The van der Waals surface area contributed by atoms with Crippen molar-refractivity contribution in [3.05, 3.63) is 70.3 Å². The molecule has 188 valence electrons. The Morgan fingerprint density at radius 1 is 1.03 bits per heavy atom. The molecule has 1 aromatic carbocycles. The Labute approximate surface area is 214 Å².